The summed E-state index contributed by atoms with van der Waals surface area (Å²) in [5.74, 6) is -0.313. The Balaban J connectivity index is 1.72. The molecule has 1 aliphatic rings. The first-order valence-electron chi connectivity index (χ1n) is 8.83. The first-order valence-corrected chi connectivity index (χ1v) is 8.83. The predicted molar refractivity (Wildman–Crippen MR) is 99.8 cm³/mol. The second-order valence-corrected chi connectivity index (χ2v) is 7.79. The third kappa shape index (κ3) is 3.76. The number of nitrogens with zero attached hydrogens (tertiary/aromatic N) is 2. The summed E-state index contributed by atoms with van der Waals surface area (Å²) in [7, 11) is 0. The number of likely N-dealkylation sites (tertiary alicyclic amines) is 1. The normalized spacial score (nSPS) is 18.0. The number of rotatable bonds is 2. The van der Waals surface area contributed by atoms with Crippen LogP contribution in [0.25, 0.3) is 10.9 Å². The van der Waals surface area contributed by atoms with Crippen LogP contribution in [0.5, 0.6) is 0 Å². The van der Waals surface area contributed by atoms with Crippen LogP contribution in [-0.4, -0.2) is 39.8 Å². The van der Waals surface area contributed by atoms with Crippen LogP contribution in [0.2, 0.25) is 0 Å². The molecule has 0 saturated carbocycles. The van der Waals surface area contributed by atoms with Crippen molar-refractivity contribution in [2.45, 2.75) is 33.6 Å². The topological polar surface area (TPSA) is 95.2 Å². The molecule has 7 heteroatoms. The molecular weight excluding hydrogens is 332 g/mol. The molecule has 2 amide bonds. The molecule has 26 heavy (non-hydrogen) atoms. The van der Waals surface area contributed by atoms with Crippen molar-refractivity contribution in [3.05, 3.63) is 34.9 Å². The first-order chi connectivity index (χ1) is 12.3. The lowest BCUT2D eigenvalue weighted by Gasteiger charge is -2.35. The molecule has 2 N–H and O–H groups in total. The smallest absolute Gasteiger partial charge is 0.258 e. The van der Waals surface area contributed by atoms with Crippen LogP contribution in [0.3, 0.4) is 0 Å². The van der Waals surface area contributed by atoms with E-state index in [2.05, 4.69) is 15.3 Å². The summed E-state index contributed by atoms with van der Waals surface area (Å²) in [6.45, 7) is 6.79. The number of aromatic nitrogens is 2. The van der Waals surface area contributed by atoms with E-state index < -0.39 is 5.41 Å². The summed E-state index contributed by atoms with van der Waals surface area (Å²) < 4.78 is 0. The summed E-state index contributed by atoms with van der Waals surface area (Å²) in [6, 6.07) is 5.06. The number of amides is 2. The number of benzene rings is 1. The van der Waals surface area contributed by atoms with Gasteiger partial charge in [-0.15, -0.1) is 0 Å². The summed E-state index contributed by atoms with van der Waals surface area (Å²) >= 11 is 0. The van der Waals surface area contributed by atoms with Crippen molar-refractivity contribution in [1.29, 1.82) is 0 Å². The monoisotopic (exact) mass is 356 g/mol. The zero-order chi connectivity index (χ0) is 18.9. The SMILES string of the molecule is CC(C)(C)C(=O)N1CCCC(C(=O)Nc2ccc3nc[nH]c(=O)c3c2)C1. The molecular formula is C19H24N4O3. The highest BCUT2D eigenvalue weighted by Gasteiger charge is 2.33. The molecule has 3 rings (SSSR count). The Hall–Kier alpha value is -2.70. The molecule has 1 unspecified atom stereocenters. The van der Waals surface area contributed by atoms with Gasteiger partial charge in [0, 0.05) is 24.2 Å². The molecule has 2 aromatic rings. The zero-order valence-corrected chi connectivity index (χ0v) is 15.3. The van der Waals surface area contributed by atoms with Crippen LogP contribution in [0, 0.1) is 11.3 Å². The molecule has 1 fully saturated rings. The van der Waals surface area contributed by atoms with E-state index in [1.807, 2.05) is 20.8 Å². The fraction of sp³-hybridized carbons (Fsp3) is 0.474. The van der Waals surface area contributed by atoms with Crippen LogP contribution >= 0.6 is 0 Å². The lowest BCUT2D eigenvalue weighted by molar-refractivity contribution is -0.142. The van der Waals surface area contributed by atoms with E-state index in [0.29, 0.717) is 29.7 Å². The van der Waals surface area contributed by atoms with Crippen LogP contribution in [0.4, 0.5) is 5.69 Å². The molecule has 0 radical (unpaired) electrons. The zero-order valence-electron chi connectivity index (χ0n) is 15.3. The fourth-order valence-electron chi connectivity index (χ4n) is 3.24. The Morgan fingerprint density at radius 1 is 1.31 bits per heavy atom. The Bertz CT molecular complexity index is 898. The van der Waals surface area contributed by atoms with E-state index in [1.54, 1.807) is 23.1 Å². The highest BCUT2D eigenvalue weighted by atomic mass is 16.2. The lowest BCUT2D eigenvalue weighted by Crippen LogP contribution is -2.47. The number of anilines is 1. The van der Waals surface area contributed by atoms with Crippen molar-refractivity contribution in [1.82, 2.24) is 14.9 Å². The van der Waals surface area contributed by atoms with Crippen molar-refractivity contribution < 1.29 is 9.59 Å². The average Bonchev–Trinajstić information content (AvgIpc) is 2.61. The Morgan fingerprint density at radius 3 is 2.81 bits per heavy atom. The number of piperidine rings is 1. The standard InChI is InChI=1S/C19H24N4O3/c1-19(2,3)18(26)23-8-4-5-12(10-23)16(24)22-13-6-7-15-14(9-13)17(25)21-11-20-15/h6-7,9,11-12H,4-5,8,10H2,1-3H3,(H,22,24)(H,20,21,25). The Morgan fingerprint density at radius 2 is 2.08 bits per heavy atom. The summed E-state index contributed by atoms with van der Waals surface area (Å²) in [5.41, 5.74) is 0.433. The number of carbonyl (C=O) groups is 2. The first kappa shape index (κ1) is 18.1. The third-order valence-electron chi connectivity index (χ3n) is 4.63. The molecule has 2 heterocycles. The van der Waals surface area contributed by atoms with E-state index in [0.717, 1.165) is 12.8 Å². The molecule has 1 aliphatic heterocycles. The maximum atomic E-state index is 12.7. The molecule has 7 nitrogen and oxygen atoms in total. The van der Waals surface area contributed by atoms with E-state index in [1.165, 1.54) is 6.33 Å². The minimum Gasteiger partial charge on any atom is -0.341 e. The van der Waals surface area contributed by atoms with Gasteiger partial charge in [0.25, 0.3) is 5.56 Å². The molecule has 0 bridgehead atoms. The highest BCUT2D eigenvalue weighted by molar-refractivity contribution is 5.95. The number of hydrogen-bond acceptors (Lipinski definition) is 4. The molecule has 0 aliphatic carbocycles. The van der Waals surface area contributed by atoms with Gasteiger partial charge in [0.05, 0.1) is 23.1 Å². The average molecular weight is 356 g/mol. The predicted octanol–water partition coefficient (Wildman–Crippen LogP) is 2.15. The van der Waals surface area contributed by atoms with E-state index in [9.17, 15) is 14.4 Å². The van der Waals surface area contributed by atoms with Crippen LogP contribution in [0.15, 0.2) is 29.3 Å². The van der Waals surface area contributed by atoms with Gasteiger partial charge < -0.3 is 15.2 Å². The minimum absolute atomic E-state index is 0.0679. The Labute approximate surface area is 151 Å². The van der Waals surface area contributed by atoms with Gasteiger partial charge in [0.15, 0.2) is 0 Å². The van der Waals surface area contributed by atoms with E-state index in [4.69, 9.17) is 0 Å². The van der Waals surface area contributed by atoms with Gasteiger partial charge in [0.2, 0.25) is 11.8 Å². The molecule has 1 aromatic carbocycles. The molecule has 1 atom stereocenters. The third-order valence-corrected chi connectivity index (χ3v) is 4.63. The number of nitrogens with one attached hydrogen (secondary N) is 2. The van der Waals surface area contributed by atoms with Gasteiger partial charge in [-0.1, -0.05) is 20.8 Å². The van der Waals surface area contributed by atoms with Crippen LogP contribution in [-0.2, 0) is 9.59 Å². The molecule has 1 saturated heterocycles. The molecule has 1 aromatic heterocycles. The van der Waals surface area contributed by atoms with Gasteiger partial charge in [-0.25, -0.2) is 4.98 Å². The number of carbonyl (C=O) groups excluding carboxylic acids is 2. The quantitative estimate of drug-likeness (QED) is 0.862. The van der Waals surface area contributed by atoms with Crippen LogP contribution < -0.4 is 10.9 Å². The highest BCUT2D eigenvalue weighted by Crippen LogP contribution is 2.24. The van der Waals surface area contributed by atoms with Crippen LogP contribution in [0.1, 0.15) is 33.6 Å². The van der Waals surface area contributed by atoms with Crippen molar-refractivity contribution in [2.75, 3.05) is 18.4 Å². The number of hydrogen-bond donors (Lipinski definition) is 2. The van der Waals surface area contributed by atoms with E-state index >= 15 is 0 Å². The molecule has 0 spiro atoms. The van der Waals surface area contributed by atoms with Gasteiger partial charge in [-0.3, -0.25) is 14.4 Å². The van der Waals surface area contributed by atoms with E-state index in [-0.39, 0.29) is 23.3 Å². The number of aromatic amines is 1. The largest absolute Gasteiger partial charge is 0.341 e. The summed E-state index contributed by atoms with van der Waals surface area (Å²) in [5, 5.41) is 3.30. The Kier molecular flexibility index (Phi) is 4.80. The minimum atomic E-state index is -0.454. The van der Waals surface area contributed by atoms with Crippen molar-refractivity contribution >= 4 is 28.4 Å². The lowest BCUT2D eigenvalue weighted by atomic mass is 9.91. The van der Waals surface area contributed by atoms with Crippen molar-refractivity contribution in [2.24, 2.45) is 11.3 Å². The maximum absolute atomic E-state index is 12.7. The summed E-state index contributed by atoms with van der Waals surface area (Å²) in [6.07, 6.45) is 2.91. The number of fused-ring (bicyclic) bond motifs is 1. The summed E-state index contributed by atoms with van der Waals surface area (Å²) in [4.78, 5) is 45.4. The van der Waals surface area contributed by atoms with Gasteiger partial charge >= 0.3 is 0 Å². The second kappa shape index (κ2) is 6.90. The number of H-pyrrole nitrogens is 1. The van der Waals surface area contributed by atoms with Crippen molar-refractivity contribution in [3.8, 4) is 0 Å². The van der Waals surface area contributed by atoms with Gasteiger partial charge in [0.1, 0.15) is 0 Å². The second-order valence-electron chi connectivity index (χ2n) is 7.79. The van der Waals surface area contributed by atoms with Gasteiger partial charge in [-0.05, 0) is 31.0 Å². The van der Waals surface area contributed by atoms with Crippen molar-refractivity contribution in [3.63, 3.8) is 0 Å². The maximum Gasteiger partial charge on any atom is 0.258 e. The van der Waals surface area contributed by atoms with Gasteiger partial charge in [-0.2, -0.15) is 0 Å². The fourth-order valence-corrected chi connectivity index (χ4v) is 3.24. The molecule has 138 valence electrons.